The molecule has 0 bridgehead atoms. The van der Waals surface area contributed by atoms with Gasteiger partial charge in [-0.05, 0) is 68.4 Å². The van der Waals surface area contributed by atoms with Crippen LogP contribution >= 0.6 is 0 Å². The smallest absolute Gasteiger partial charge is 0.410 e. The maximum atomic E-state index is 12.2. The number of ether oxygens (including phenoxy) is 1. The molecule has 0 spiro atoms. The molecule has 0 aromatic heterocycles. The summed E-state index contributed by atoms with van der Waals surface area (Å²) < 4.78 is 5.49. The van der Waals surface area contributed by atoms with Gasteiger partial charge in [-0.15, -0.1) is 0 Å². The van der Waals surface area contributed by atoms with Gasteiger partial charge < -0.3 is 9.64 Å². The van der Waals surface area contributed by atoms with Crippen LogP contribution in [0.2, 0.25) is 0 Å². The van der Waals surface area contributed by atoms with E-state index >= 15 is 0 Å². The molecule has 24 heavy (non-hydrogen) atoms. The van der Waals surface area contributed by atoms with E-state index in [1.807, 2.05) is 25.7 Å². The minimum atomic E-state index is -0.429. The predicted octanol–water partition coefficient (Wildman–Crippen LogP) is 5.26. The molecular formula is C21H27NO2. The monoisotopic (exact) mass is 325 g/mol. The molecule has 0 N–H and O–H groups in total. The van der Waals surface area contributed by atoms with Crippen LogP contribution in [0.15, 0.2) is 36.4 Å². The van der Waals surface area contributed by atoms with Crippen molar-refractivity contribution in [3.8, 4) is 0 Å². The van der Waals surface area contributed by atoms with Crippen LogP contribution in [0.1, 0.15) is 50.7 Å². The number of carbonyl (C=O) groups excluding carboxylic acids is 1. The lowest BCUT2D eigenvalue weighted by Gasteiger charge is -2.34. The van der Waals surface area contributed by atoms with Crippen molar-refractivity contribution in [2.45, 2.75) is 52.1 Å². The number of likely N-dealkylation sites (tertiary alicyclic amines) is 1. The Bertz CT molecular complexity index is 737. The van der Waals surface area contributed by atoms with Gasteiger partial charge in [-0.1, -0.05) is 36.4 Å². The second-order valence-corrected chi connectivity index (χ2v) is 7.76. The number of aryl methyl sites for hydroxylation is 1. The number of benzene rings is 2. The molecule has 0 unspecified atom stereocenters. The van der Waals surface area contributed by atoms with Crippen LogP contribution in [0.3, 0.4) is 0 Å². The third-order valence-corrected chi connectivity index (χ3v) is 4.76. The van der Waals surface area contributed by atoms with E-state index < -0.39 is 5.60 Å². The summed E-state index contributed by atoms with van der Waals surface area (Å²) in [6.45, 7) is 9.43. The van der Waals surface area contributed by atoms with Gasteiger partial charge in [0.1, 0.15) is 5.60 Å². The summed E-state index contributed by atoms with van der Waals surface area (Å²) >= 11 is 0. The lowest BCUT2D eigenvalue weighted by molar-refractivity contribution is 0.0205. The van der Waals surface area contributed by atoms with Gasteiger partial charge in [-0.3, -0.25) is 0 Å². The lowest BCUT2D eigenvalue weighted by Crippen LogP contribution is -2.41. The summed E-state index contributed by atoms with van der Waals surface area (Å²) in [6, 6.07) is 13.1. The highest BCUT2D eigenvalue weighted by atomic mass is 16.6. The Morgan fingerprint density at radius 2 is 1.67 bits per heavy atom. The fraction of sp³-hybridized carbons (Fsp3) is 0.476. The fourth-order valence-electron chi connectivity index (χ4n) is 3.55. The van der Waals surface area contributed by atoms with Gasteiger partial charge in [0, 0.05) is 13.1 Å². The minimum Gasteiger partial charge on any atom is -0.444 e. The Labute approximate surface area is 144 Å². The summed E-state index contributed by atoms with van der Waals surface area (Å²) in [5.74, 6) is 0.509. The van der Waals surface area contributed by atoms with Gasteiger partial charge in [0.25, 0.3) is 0 Å². The molecule has 1 fully saturated rings. The van der Waals surface area contributed by atoms with Crippen LogP contribution in [-0.4, -0.2) is 29.7 Å². The third-order valence-electron chi connectivity index (χ3n) is 4.76. The lowest BCUT2D eigenvalue weighted by atomic mass is 9.86. The van der Waals surface area contributed by atoms with Gasteiger partial charge in [-0.2, -0.15) is 0 Å². The normalized spacial score (nSPS) is 16.4. The maximum Gasteiger partial charge on any atom is 0.410 e. The van der Waals surface area contributed by atoms with Crippen LogP contribution in [0.4, 0.5) is 4.79 Å². The quantitative estimate of drug-likeness (QED) is 0.715. The van der Waals surface area contributed by atoms with Crippen molar-refractivity contribution in [1.82, 2.24) is 4.90 Å². The average Bonchev–Trinajstić information content (AvgIpc) is 2.53. The van der Waals surface area contributed by atoms with Crippen molar-refractivity contribution in [3.63, 3.8) is 0 Å². The topological polar surface area (TPSA) is 29.5 Å². The van der Waals surface area contributed by atoms with Gasteiger partial charge >= 0.3 is 6.09 Å². The molecule has 1 amide bonds. The molecule has 3 heteroatoms. The molecule has 3 rings (SSSR count). The number of rotatable bonds is 1. The molecule has 3 nitrogen and oxygen atoms in total. The molecule has 2 aromatic rings. The first-order valence-corrected chi connectivity index (χ1v) is 8.81. The summed E-state index contributed by atoms with van der Waals surface area (Å²) in [4.78, 5) is 14.1. The van der Waals surface area contributed by atoms with Gasteiger partial charge in [0.2, 0.25) is 0 Å². The highest BCUT2D eigenvalue weighted by Gasteiger charge is 2.28. The molecule has 0 atom stereocenters. The number of carbonyl (C=O) groups is 1. The Morgan fingerprint density at radius 3 is 2.33 bits per heavy atom. The van der Waals surface area contributed by atoms with E-state index in [-0.39, 0.29) is 6.09 Å². The van der Waals surface area contributed by atoms with E-state index in [9.17, 15) is 4.79 Å². The zero-order valence-electron chi connectivity index (χ0n) is 15.1. The SMILES string of the molecule is Cc1cccc2c(C3CCN(C(=O)OC(C)(C)C)CC3)cccc12. The highest BCUT2D eigenvalue weighted by molar-refractivity contribution is 5.88. The third kappa shape index (κ3) is 3.55. The Morgan fingerprint density at radius 1 is 1.04 bits per heavy atom. The van der Waals surface area contributed by atoms with E-state index in [0.717, 1.165) is 25.9 Å². The van der Waals surface area contributed by atoms with E-state index in [2.05, 4.69) is 43.3 Å². The first-order valence-electron chi connectivity index (χ1n) is 8.81. The van der Waals surface area contributed by atoms with Crippen LogP contribution in [0.5, 0.6) is 0 Å². The zero-order chi connectivity index (χ0) is 17.3. The largest absolute Gasteiger partial charge is 0.444 e. The van der Waals surface area contributed by atoms with Crippen molar-refractivity contribution in [2.24, 2.45) is 0 Å². The number of piperidine rings is 1. The summed E-state index contributed by atoms with van der Waals surface area (Å²) in [6.07, 6.45) is 1.80. The Hall–Kier alpha value is -2.03. The zero-order valence-corrected chi connectivity index (χ0v) is 15.1. The average molecular weight is 325 g/mol. The molecule has 1 heterocycles. The predicted molar refractivity (Wildman–Crippen MR) is 98.5 cm³/mol. The van der Waals surface area contributed by atoms with Gasteiger partial charge in [-0.25, -0.2) is 4.79 Å². The number of amides is 1. The standard InChI is InChI=1S/C21H27NO2/c1-15-7-5-10-19-17(15)8-6-9-18(19)16-11-13-22(14-12-16)20(23)24-21(2,3)4/h5-10,16H,11-14H2,1-4H3. The fourth-order valence-corrected chi connectivity index (χ4v) is 3.55. The van der Waals surface area contributed by atoms with Crippen LogP contribution in [-0.2, 0) is 4.74 Å². The first kappa shape index (κ1) is 16.8. The number of hydrogen-bond acceptors (Lipinski definition) is 2. The number of nitrogens with zero attached hydrogens (tertiary/aromatic N) is 1. The van der Waals surface area contributed by atoms with E-state index in [1.54, 1.807) is 0 Å². The molecule has 1 aliphatic heterocycles. The Balaban J connectivity index is 1.74. The highest BCUT2D eigenvalue weighted by Crippen LogP contribution is 2.34. The molecule has 1 aliphatic rings. The van der Waals surface area contributed by atoms with Crippen molar-refractivity contribution in [3.05, 3.63) is 47.5 Å². The molecule has 0 saturated carbocycles. The molecule has 1 saturated heterocycles. The van der Waals surface area contributed by atoms with Crippen molar-refractivity contribution >= 4 is 16.9 Å². The second-order valence-electron chi connectivity index (χ2n) is 7.76. The molecule has 0 radical (unpaired) electrons. The van der Waals surface area contributed by atoms with Crippen LogP contribution in [0, 0.1) is 6.92 Å². The molecule has 2 aromatic carbocycles. The molecule has 0 aliphatic carbocycles. The first-order chi connectivity index (χ1) is 11.3. The van der Waals surface area contributed by atoms with Crippen molar-refractivity contribution in [2.75, 3.05) is 13.1 Å². The number of fused-ring (bicyclic) bond motifs is 1. The summed E-state index contributed by atoms with van der Waals surface area (Å²) in [5.41, 5.74) is 2.31. The minimum absolute atomic E-state index is 0.185. The summed E-state index contributed by atoms with van der Waals surface area (Å²) in [7, 11) is 0. The van der Waals surface area contributed by atoms with Crippen LogP contribution in [0.25, 0.3) is 10.8 Å². The van der Waals surface area contributed by atoms with Gasteiger partial charge in [0.05, 0.1) is 0 Å². The van der Waals surface area contributed by atoms with E-state index in [0.29, 0.717) is 5.92 Å². The Kier molecular flexibility index (Phi) is 4.53. The van der Waals surface area contributed by atoms with Crippen molar-refractivity contribution in [1.29, 1.82) is 0 Å². The summed E-state index contributed by atoms with van der Waals surface area (Å²) in [5, 5.41) is 2.69. The number of hydrogen-bond donors (Lipinski definition) is 0. The van der Waals surface area contributed by atoms with Crippen LogP contribution < -0.4 is 0 Å². The van der Waals surface area contributed by atoms with Gasteiger partial charge in [0.15, 0.2) is 0 Å². The van der Waals surface area contributed by atoms with E-state index in [1.165, 1.54) is 21.9 Å². The second kappa shape index (κ2) is 6.46. The molecule has 128 valence electrons. The van der Waals surface area contributed by atoms with E-state index in [4.69, 9.17) is 4.74 Å². The maximum absolute atomic E-state index is 12.2. The molecular weight excluding hydrogens is 298 g/mol. The van der Waals surface area contributed by atoms with Crippen molar-refractivity contribution < 1.29 is 9.53 Å².